The molecule has 3 heteroatoms. The summed E-state index contributed by atoms with van der Waals surface area (Å²) in [5.41, 5.74) is 2.21. The van der Waals surface area contributed by atoms with Gasteiger partial charge in [-0.1, -0.05) is 60.7 Å². The summed E-state index contributed by atoms with van der Waals surface area (Å²) in [5, 5.41) is 0. The number of likely N-dealkylation sites (tertiary alicyclic amines) is 1. The van der Waals surface area contributed by atoms with Gasteiger partial charge in [0.1, 0.15) is 6.61 Å². The van der Waals surface area contributed by atoms with Gasteiger partial charge in [0.25, 0.3) is 0 Å². The van der Waals surface area contributed by atoms with Crippen molar-refractivity contribution in [2.24, 2.45) is 0 Å². The zero-order chi connectivity index (χ0) is 16.1. The lowest BCUT2D eigenvalue weighted by atomic mass is 9.92. The molecule has 23 heavy (non-hydrogen) atoms. The summed E-state index contributed by atoms with van der Waals surface area (Å²) in [6.07, 6.45) is 2.96. The van der Waals surface area contributed by atoms with E-state index in [-0.39, 0.29) is 18.2 Å². The van der Waals surface area contributed by atoms with E-state index in [1.807, 2.05) is 53.4 Å². The molecular weight excluding hydrogens is 286 g/mol. The van der Waals surface area contributed by atoms with Crippen molar-refractivity contribution in [3.8, 4) is 0 Å². The Hall–Kier alpha value is -2.29. The second-order valence-corrected chi connectivity index (χ2v) is 6.15. The number of piperidine rings is 1. The summed E-state index contributed by atoms with van der Waals surface area (Å²) in [5.74, 6) is 0. The molecule has 2 aromatic carbocycles. The Kier molecular flexibility index (Phi) is 4.96. The lowest BCUT2D eigenvalue weighted by Crippen LogP contribution is -2.44. The van der Waals surface area contributed by atoms with Gasteiger partial charge in [-0.15, -0.1) is 0 Å². The Morgan fingerprint density at radius 2 is 1.70 bits per heavy atom. The Labute approximate surface area is 137 Å². The number of benzene rings is 2. The van der Waals surface area contributed by atoms with Crippen molar-refractivity contribution in [1.29, 1.82) is 0 Å². The molecule has 3 rings (SSSR count). The Morgan fingerprint density at radius 1 is 1.04 bits per heavy atom. The highest BCUT2D eigenvalue weighted by Crippen LogP contribution is 2.34. The minimum absolute atomic E-state index is 0.114. The number of hydrogen-bond donors (Lipinski definition) is 0. The van der Waals surface area contributed by atoms with Gasteiger partial charge in [-0.25, -0.2) is 4.79 Å². The smallest absolute Gasteiger partial charge is 0.410 e. The van der Waals surface area contributed by atoms with E-state index in [4.69, 9.17) is 4.74 Å². The number of hydrogen-bond acceptors (Lipinski definition) is 2. The van der Waals surface area contributed by atoms with Crippen LogP contribution in [0.4, 0.5) is 4.79 Å². The zero-order valence-corrected chi connectivity index (χ0v) is 13.5. The van der Waals surface area contributed by atoms with Crippen molar-refractivity contribution in [2.45, 2.75) is 44.9 Å². The van der Waals surface area contributed by atoms with Gasteiger partial charge < -0.3 is 4.74 Å². The molecule has 2 atom stereocenters. The van der Waals surface area contributed by atoms with Gasteiger partial charge in [-0.3, -0.25) is 4.90 Å². The summed E-state index contributed by atoms with van der Waals surface area (Å²) in [4.78, 5) is 14.6. The standard InChI is InChI=1S/C20H23NO2/c1-16-9-8-14-19(18-12-6-3-7-13-18)21(16)20(22)23-15-17-10-4-2-5-11-17/h2-7,10-13,16,19H,8-9,14-15H2,1H3/t16-,19+/m0/s1. The molecule has 0 aromatic heterocycles. The van der Waals surface area contributed by atoms with E-state index < -0.39 is 0 Å². The summed E-state index contributed by atoms with van der Waals surface area (Å²) in [7, 11) is 0. The molecule has 1 fully saturated rings. The van der Waals surface area contributed by atoms with Crippen LogP contribution in [0.1, 0.15) is 43.4 Å². The van der Waals surface area contributed by atoms with Crippen LogP contribution in [-0.4, -0.2) is 17.0 Å². The predicted molar refractivity (Wildman–Crippen MR) is 91.0 cm³/mol. The van der Waals surface area contributed by atoms with Crippen LogP contribution in [0.2, 0.25) is 0 Å². The molecule has 0 spiro atoms. The lowest BCUT2D eigenvalue weighted by molar-refractivity contribution is 0.0458. The predicted octanol–water partition coefficient (Wildman–Crippen LogP) is 4.94. The molecule has 0 aliphatic carbocycles. The summed E-state index contributed by atoms with van der Waals surface area (Å²) >= 11 is 0. The summed E-state index contributed by atoms with van der Waals surface area (Å²) in [6, 6.07) is 20.4. The maximum atomic E-state index is 12.7. The van der Waals surface area contributed by atoms with E-state index >= 15 is 0 Å². The van der Waals surface area contributed by atoms with Crippen molar-refractivity contribution in [3.63, 3.8) is 0 Å². The SMILES string of the molecule is C[C@H]1CCC[C@H](c2ccccc2)N1C(=O)OCc1ccccc1. The molecule has 0 unspecified atom stereocenters. The first-order valence-electron chi connectivity index (χ1n) is 8.29. The quantitative estimate of drug-likeness (QED) is 0.803. The van der Waals surface area contributed by atoms with Crippen LogP contribution >= 0.6 is 0 Å². The number of nitrogens with zero attached hydrogens (tertiary/aromatic N) is 1. The normalized spacial score (nSPS) is 21.0. The fourth-order valence-corrected chi connectivity index (χ4v) is 3.30. The van der Waals surface area contributed by atoms with Crippen LogP contribution in [0, 0.1) is 0 Å². The fourth-order valence-electron chi connectivity index (χ4n) is 3.30. The van der Waals surface area contributed by atoms with E-state index in [9.17, 15) is 4.79 Å². The van der Waals surface area contributed by atoms with Crippen molar-refractivity contribution >= 4 is 6.09 Å². The van der Waals surface area contributed by atoms with Crippen LogP contribution < -0.4 is 0 Å². The van der Waals surface area contributed by atoms with E-state index in [2.05, 4.69) is 19.1 Å². The van der Waals surface area contributed by atoms with Crippen molar-refractivity contribution < 1.29 is 9.53 Å². The van der Waals surface area contributed by atoms with Crippen LogP contribution in [0.25, 0.3) is 0 Å². The third-order valence-electron chi connectivity index (χ3n) is 4.51. The number of carbonyl (C=O) groups is 1. The van der Waals surface area contributed by atoms with Crippen molar-refractivity contribution in [2.75, 3.05) is 0 Å². The third-order valence-corrected chi connectivity index (χ3v) is 4.51. The van der Waals surface area contributed by atoms with Gasteiger partial charge in [0.2, 0.25) is 0 Å². The topological polar surface area (TPSA) is 29.5 Å². The molecule has 1 aliphatic rings. The second-order valence-electron chi connectivity index (χ2n) is 6.15. The minimum Gasteiger partial charge on any atom is -0.445 e. The van der Waals surface area contributed by atoms with E-state index in [0.717, 1.165) is 24.8 Å². The van der Waals surface area contributed by atoms with E-state index in [1.165, 1.54) is 5.56 Å². The molecule has 0 radical (unpaired) electrons. The highest BCUT2D eigenvalue weighted by atomic mass is 16.6. The highest BCUT2D eigenvalue weighted by molar-refractivity contribution is 5.69. The molecule has 0 N–H and O–H groups in total. The van der Waals surface area contributed by atoms with Crippen LogP contribution in [0.3, 0.4) is 0 Å². The number of ether oxygens (including phenoxy) is 1. The fraction of sp³-hybridized carbons (Fsp3) is 0.350. The molecule has 1 saturated heterocycles. The number of rotatable bonds is 3. The highest BCUT2D eigenvalue weighted by Gasteiger charge is 2.33. The van der Waals surface area contributed by atoms with Gasteiger partial charge in [0.15, 0.2) is 0 Å². The van der Waals surface area contributed by atoms with Gasteiger partial charge >= 0.3 is 6.09 Å². The average molecular weight is 309 g/mol. The first-order valence-corrected chi connectivity index (χ1v) is 8.29. The number of carbonyl (C=O) groups excluding carboxylic acids is 1. The molecule has 1 amide bonds. The van der Waals surface area contributed by atoms with E-state index in [0.29, 0.717) is 6.61 Å². The van der Waals surface area contributed by atoms with Gasteiger partial charge in [0, 0.05) is 6.04 Å². The molecule has 120 valence electrons. The maximum Gasteiger partial charge on any atom is 0.410 e. The van der Waals surface area contributed by atoms with Crippen LogP contribution in [-0.2, 0) is 11.3 Å². The second kappa shape index (κ2) is 7.32. The Morgan fingerprint density at radius 3 is 2.39 bits per heavy atom. The van der Waals surface area contributed by atoms with Crippen LogP contribution in [0.15, 0.2) is 60.7 Å². The molecule has 1 aliphatic heterocycles. The zero-order valence-electron chi connectivity index (χ0n) is 13.5. The Bertz CT molecular complexity index is 627. The largest absolute Gasteiger partial charge is 0.445 e. The van der Waals surface area contributed by atoms with Gasteiger partial charge in [0.05, 0.1) is 6.04 Å². The van der Waals surface area contributed by atoms with Gasteiger partial charge in [-0.2, -0.15) is 0 Å². The Balaban J connectivity index is 1.72. The van der Waals surface area contributed by atoms with Crippen molar-refractivity contribution in [3.05, 3.63) is 71.8 Å². The molecule has 0 bridgehead atoms. The average Bonchev–Trinajstić information content (AvgIpc) is 2.61. The van der Waals surface area contributed by atoms with E-state index in [1.54, 1.807) is 0 Å². The van der Waals surface area contributed by atoms with Crippen molar-refractivity contribution in [1.82, 2.24) is 4.90 Å². The maximum absolute atomic E-state index is 12.7. The molecular formula is C20H23NO2. The molecule has 3 nitrogen and oxygen atoms in total. The molecule has 0 saturated carbocycles. The summed E-state index contributed by atoms with van der Waals surface area (Å²) < 4.78 is 5.58. The van der Waals surface area contributed by atoms with Gasteiger partial charge in [-0.05, 0) is 37.3 Å². The summed E-state index contributed by atoms with van der Waals surface area (Å²) in [6.45, 7) is 2.43. The third kappa shape index (κ3) is 3.73. The first-order chi connectivity index (χ1) is 11.3. The molecule has 2 aromatic rings. The molecule has 1 heterocycles. The monoisotopic (exact) mass is 309 g/mol. The first kappa shape index (κ1) is 15.6. The minimum atomic E-state index is -0.213. The number of amides is 1. The lowest BCUT2D eigenvalue weighted by Gasteiger charge is -2.40. The van der Waals surface area contributed by atoms with Crippen LogP contribution in [0.5, 0.6) is 0 Å².